The van der Waals surface area contributed by atoms with E-state index in [-0.39, 0.29) is 5.25 Å². The van der Waals surface area contributed by atoms with Gasteiger partial charge in [-0.3, -0.25) is 9.89 Å². The van der Waals surface area contributed by atoms with Crippen molar-refractivity contribution in [3.8, 4) is 0 Å². The summed E-state index contributed by atoms with van der Waals surface area (Å²) in [5.41, 5.74) is 4.91. The van der Waals surface area contributed by atoms with Crippen LogP contribution in [0.4, 0.5) is 0 Å². The van der Waals surface area contributed by atoms with Crippen molar-refractivity contribution >= 4 is 17.7 Å². The molecule has 0 saturated carbocycles. The number of methoxy groups -OCH3 is 1. The number of H-pyrrole nitrogens is 1. The van der Waals surface area contributed by atoms with Gasteiger partial charge in [-0.2, -0.15) is 0 Å². The van der Waals surface area contributed by atoms with Crippen molar-refractivity contribution in [2.24, 2.45) is 5.73 Å². The van der Waals surface area contributed by atoms with Crippen LogP contribution in [-0.4, -0.2) is 39.0 Å². The van der Waals surface area contributed by atoms with E-state index in [2.05, 4.69) is 19.9 Å². The number of nitrogens with one attached hydrogen (secondary N) is 1. The first-order chi connectivity index (χ1) is 7.85. The zero-order chi connectivity index (χ0) is 13.1. The molecule has 1 rings (SSSR count). The van der Waals surface area contributed by atoms with Gasteiger partial charge in [0.25, 0.3) is 0 Å². The molecule has 0 amide bonds. The fourth-order valence-electron chi connectivity index (χ4n) is 1.51. The van der Waals surface area contributed by atoms with Gasteiger partial charge in [-0.05, 0) is 20.3 Å². The Bertz CT molecular complexity index is 391. The Morgan fingerprint density at radius 2 is 2.35 bits per heavy atom. The van der Waals surface area contributed by atoms with E-state index in [9.17, 15) is 4.79 Å². The molecule has 0 radical (unpaired) electrons. The second-order valence-electron chi connectivity index (χ2n) is 4.25. The molecule has 2 unspecified atom stereocenters. The Labute approximate surface area is 105 Å². The molecular weight excluding hydrogens is 240 g/mol. The number of ether oxygens (including phenoxy) is 1. The average molecular weight is 258 g/mol. The van der Waals surface area contributed by atoms with Gasteiger partial charge in [-0.25, -0.2) is 4.98 Å². The van der Waals surface area contributed by atoms with Crippen LogP contribution in [0.25, 0.3) is 0 Å². The molecule has 0 bridgehead atoms. The third kappa shape index (κ3) is 4.01. The Balaban J connectivity index is 2.54. The van der Waals surface area contributed by atoms with Gasteiger partial charge < -0.3 is 10.5 Å². The van der Waals surface area contributed by atoms with Crippen molar-refractivity contribution in [2.45, 2.75) is 43.1 Å². The summed E-state index contributed by atoms with van der Waals surface area (Å²) in [6, 6.07) is 0. The fraction of sp³-hybridized carbons (Fsp3) is 0.700. The molecule has 6 nitrogen and oxygen atoms in total. The molecule has 1 heterocycles. The molecule has 2 atom stereocenters. The number of carbonyl (C=O) groups is 1. The number of aryl methyl sites for hydroxylation is 1. The summed E-state index contributed by atoms with van der Waals surface area (Å²) in [7, 11) is 1.34. The predicted octanol–water partition coefficient (Wildman–Crippen LogP) is 0.874. The smallest absolute Gasteiger partial charge is 0.325 e. The van der Waals surface area contributed by atoms with E-state index < -0.39 is 11.5 Å². The summed E-state index contributed by atoms with van der Waals surface area (Å²) in [5.74, 6) is 0.360. The van der Waals surface area contributed by atoms with Gasteiger partial charge in [0.1, 0.15) is 11.4 Å². The molecule has 7 heteroatoms. The normalized spacial score (nSPS) is 16.3. The van der Waals surface area contributed by atoms with E-state index in [1.54, 1.807) is 6.92 Å². The minimum atomic E-state index is -0.980. The van der Waals surface area contributed by atoms with Crippen LogP contribution in [0.2, 0.25) is 0 Å². The van der Waals surface area contributed by atoms with Crippen LogP contribution in [0.3, 0.4) is 0 Å². The van der Waals surface area contributed by atoms with E-state index in [1.165, 1.54) is 18.9 Å². The number of rotatable bonds is 5. The van der Waals surface area contributed by atoms with Crippen molar-refractivity contribution < 1.29 is 9.53 Å². The third-order valence-electron chi connectivity index (χ3n) is 2.25. The van der Waals surface area contributed by atoms with E-state index in [1.807, 2.05) is 13.8 Å². The molecule has 1 aromatic rings. The summed E-state index contributed by atoms with van der Waals surface area (Å²) in [6.45, 7) is 5.48. The van der Waals surface area contributed by atoms with Crippen molar-refractivity contribution in [2.75, 3.05) is 7.11 Å². The van der Waals surface area contributed by atoms with E-state index in [0.29, 0.717) is 11.6 Å². The van der Waals surface area contributed by atoms with Crippen molar-refractivity contribution in [1.29, 1.82) is 0 Å². The molecule has 0 spiro atoms. The fourth-order valence-corrected chi connectivity index (χ4v) is 2.59. The highest BCUT2D eigenvalue weighted by Gasteiger charge is 2.31. The second-order valence-corrected chi connectivity index (χ2v) is 5.65. The lowest BCUT2D eigenvalue weighted by atomic mass is 9.98. The monoisotopic (exact) mass is 258 g/mol. The molecule has 0 aliphatic carbocycles. The van der Waals surface area contributed by atoms with Gasteiger partial charge in [-0.15, -0.1) is 5.10 Å². The van der Waals surface area contributed by atoms with Crippen LogP contribution in [0, 0.1) is 6.92 Å². The maximum absolute atomic E-state index is 11.4. The summed E-state index contributed by atoms with van der Waals surface area (Å²) in [6.07, 6.45) is 0.498. The number of aromatic nitrogens is 3. The van der Waals surface area contributed by atoms with Crippen LogP contribution in [0.5, 0.6) is 0 Å². The Morgan fingerprint density at radius 3 is 2.82 bits per heavy atom. The molecule has 3 N–H and O–H groups in total. The number of esters is 1. The molecule has 0 saturated heterocycles. The first-order valence-corrected chi connectivity index (χ1v) is 6.16. The first-order valence-electron chi connectivity index (χ1n) is 5.28. The van der Waals surface area contributed by atoms with Crippen LogP contribution < -0.4 is 5.73 Å². The lowest BCUT2D eigenvalue weighted by Gasteiger charge is -2.24. The highest BCUT2D eigenvalue weighted by molar-refractivity contribution is 7.99. The number of nitrogens with zero attached hydrogens (tertiary/aromatic N) is 2. The Morgan fingerprint density at radius 1 is 1.71 bits per heavy atom. The molecule has 0 fully saturated rings. The van der Waals surface area contributed by atoms with Crippen LogP contribution in [0.15, 0.2) is 5.16 Å². The number of aromatic amines is 1. The lowest BCUT2D eigenvalue weighted by molar-refractivity contribution is -0.146. The lowest BCUT2D eigenvalue weighted by Crippen LogP contribution is -2.47. The summed E-state index contributed by atoms with van der Waals surface area (Å²) < 4.78 is 4.66. The number of hydrogen-bond donors (Lipinski definition) is 2. The summed E-state index contributed by atoms with van der Waals surface area (Å²) in [5, 5.41) is 7.57. The maximum Gasteiger partial charge on any atom is 0.325 e. The van der Waals surface area contributed by atoms with E-state index in [0.717, 1.165) is 5.82 Å². The minimum Gasteiger partial charge on any atom is -0.468 e. The highest BCUT2D eigenvalue weighted by atomic mass is 32.2. The van der Waals surface area contributed by atoms with E-state index in [4.69, 9.17) is 5.73 Å². The van der Waals surface area contributed by atoms with Crippen LogP contribution >= 0.6 is 11.8 Å². The average Bonchev–Trinajstić information content (AvgIpc) is 2.61. The first kappa shape index (κ1) is 14.0. The predicted molar refractivity (Wildman–Crippen MR) is 65.7 cm³/mol. The number of nitrogens with two attached hydrogens (primary N) is 1. The number of carbonyl (C=O) groups excluding carboxylic acids is 1. The third-order valence-corrected chi connectivity index (χ3v) is 3.21. The standard InChI is InChI=1S/C10H18N4O2S/c1-6(5-10(3,11)8(15)16-4)17-9-12-7(2)13-14-9/h6H,5,11H2,1-4H3,(H,12,13,14). The Hall–Kier alpha value is -1.08. The molecule has 1 aromatic heterocycles. The van der Waals surface area contributed by atoms with E-state index >= 15 is 0 Å². The zero-order valence-corrected chi connectivity index (χ0v) is 11.3. The van der Waals surface area contributed by atoms with Crippen molar-refractivity contribution in [1.82, 2.24) is 15.2 Å². The van der Waals surface area contributed by atoms with Gasteiger partial charge >= 0.3 is 5.97 Å². The van der Waals surface area contributed by atoms with Crippen LogP contribution in [-0.2, 0) is 9.53 Å². The molecule has 0 aliphatic rings. The minimum absolute atomic E-state index is 0.124. The topological polar surface area (TPSA) is 93.9 Å². The summed E-state index contributed by atoms with van der Waals surface area (Å²) >= 11 is 1.48. The Kier molecular flexibility index (Phi) is 4.53. The molecule has 17 heavy (non-hydrogen) atoms. The molecule has 0 aliphatic heterocycles. The number of hydrogen-bond acceptors (Lipinski definition) is 6. The maximum atomic E-state index is 11.4. The van der Waals surface area contributed by atoms with Crippen LogP contribution in [0.1, 0.15) is 26.1 Å². The molecular formula is C10H18N4O2S. The second kappa shape index (κ2) is 5.50. The van der Waals surface area contributed by atoms with Gasteiger partial charge in [0, 0.05) is 5.25 Å². The van der Waals surface area contributed by atoms with Gasteiger partial charge in [-0.1, -0.05) is 18.7 Å². The zero-order valence-electron chi connectivity index (χ0n) is 10.5. The SMILES string of the molecule is COC(=O)C(C)(N)CC(C)Sc1n[nH]c(C)n1. The molecule has 96 valence electrons. The van der Waals surface area contributed by atoms with Crippen molar-refractivity contribution in [3.05, 3.63) is 5.82 Å². The van der Waals surface area contributed by atoms with Gasteiger partial charge in [0.2, 0.25) is 5.16 Å². The largest absolute Gasteiger partial charge is 0.468 e. The van der Waals surface area contributed by atoms with Crippen molar-refractivity contribution in [3.63, 3.8) is 0 Å². The van der Waals surface area contributed by atoms with Gasteiger partial charge in [0.15, 0.2) is 0 Å². The van der Waals surface area contributed by atoms with Gasteiger partial charge in [0.05, 0.1) is 7.11 Å². The quantitative estimate of drug-likeness (QED) is 0.601. The summed E-state index contributed by atoms with van der Waals surface area (Å²) in [4.78, 5) is 15.6. The number of thioether (sulfide) groups is 1. The highest BCUT2D eigenvalue weighted by Crippen LogP contribution is 2.25. The molecule has 0 aromatic carbocycles.